The lowest BCUT2D eigenvalue weighted by molar-refractivity contribution is -0.116. The summed E-state index contributed by atoms with van der Waals surface area (Å²) in [4.78, 5) is 16.3. The van der Waals surface area contributed by atoms with Crippen molar-refractivity contribution in [3.63, 3.8) is 0 Å². The summed E-state index contributed by atoms with van der Waals surface area (Å²) in [5.41, 5.74) is 1.73. The zero-order valence-electron chi connectivity index (χ0n) is 15.8. The minimum absolute atomic E-state index is 0. The number of carbonyl (C=O) groups is 1. The third-order valence-electron chi connectivity index (χ3n) is 4.03. The molecule has 0 spiro atoms. The number of sulfone groups is 1. The summed E-state index contributed by atoms with van der Waals surface area (Å²) in [5.74, 6) is 0.987. The lowest BCUT2D eigenvalue weighted by atomic mass is 10.2. The highest BCUT2D eigenvalue weighted by atomic mass is 127. The number of carbonyl (C=O) groups excluding carboxylic acids is 1. The molecule has 1 aromatic rings. The molecule has 1 amide bonds. The van der Waals surface area contributed by atoms with Crippen molar-refractivity contribution in [3.8, 4) is 0 Å². The molecule has 0 radical (unpaired) electrons. The summed E-state index contributed by atoms with van der Waals surface area (Å²) in [6.07, 6.45) is 1.91. The van der Waals surface area contributed by atoms with Crippen LogP contribution in [-0.4, -0.2) is 44.4 Å². The molecule has 2 rings (SSSR count). The molecule has 1 aromatic carbocycles. The van der Waals surface area contributed by atoms with Crippen molar-refractivity contribution in [2.75, 3.05) is 23.4 Å². The van der Waals surface area contributed by atoms with Crippen molar-refractivity contribution < 1.29 is 13.2 Å². The van der Waals surface area contributed by atoms with Gasteiger partial charge in [0.15, 0.2) is 15.8 Å². The summed E-state index contributed by atoms with van der Waals surface area (Å²) in [7, 11) is -2.93. The molecular weight excluding hydrogens is 479 g/mol. The number of aliphatic imine (C=N–C) groups is 1. The van der Waals surface area contributed by atoms with Crippen LogP contribution in [0.2, 0.25) is 0 Å². The molecule has 152 valence electrons. The van der Waals surface area contributed by atoms with Crippen molar-refractivity contribution in [2.45, 2.75) is 45.7 Å². The van der Waals surface area contributed by atoms with Crippen LogP contribution in [0.5, 0.6) is 0 Å². The van der Waals surface area contributed by atoms with E-state index in [0.29, 0.717) is 31.9 Å². The molecule has 0 bridgehead atoms. The number of amides is 1. The molecule has 9 heteroatoms. The molecule has 1 saturated heterocycles. The maximum Gasteiger partial charge on any atom is 0.224 e. The number of nitrogens with zero attached hydrogens (tertiary/aromatic N) is 1. The smallest absolute Gasteiger partial charge is 0.224 e. The fraction of sp³-hybridized carbons (Fsp3) is 0.556. The summed E-state index contributed by atoms with van der Waals surface area (Å²) < 4.78 is 23.2. The van der Waals surface area contributed by atoms with Gasteiger partial charge < -0.3 is 16.0 Å². The van der Waals surface area contributed by atoms with Crippen LogP contribution in [0.15, 0.2) is 29.3 Å². The van der Waals surface area contributed by atoms with Crippen LogP contribution < -0.4 is 16.0 Å². The SMILES string of the molecule is CCCC(=O)Nc1cccc(CN=C(NCC)NC2CCS(=O)(=O)C2)c1.I. The Hall–Kier alpha value is -1.36. The normalized spacial score (nSPS) is 18.4. The Kier molecular flexibility index (Phi) is 10.1. The molecule has 1 aliphatic heterocycles. The van der Waals surface area contributed by atoms with Crippen LogP contribution in [0.25, 0.3) is 0 Å². The van der Waals surface area contributed by atoms with Gasteiger partial charge in [-0.15, -0.1) is 24.0 Å². The third kappa shape index (κ3) is 8.46. The lowest BCUT2D eigenvalue weighted by Gasteiger charge is -2.16. The third-order valence-corrected chi connectivity index (χ3v) is 5.79. The first-order valence-corrected chi connectivity index (χ1v) is 10.9. The molecule has 0 aromatic heterocycles. The van der Waals surface area contributed by atoms with E-state index in [-0.39, 0.29) is 47.4 Å². The van der Waals surface area contributed by atoms with Crippen molar-refractivity contribution in [1.29, 1.82) is 0 Å². The first-order chi connectivity index (χ1) is 12.4. The average Bonchev–Trinajstić information content (AvgIpc) is 2.92. The van der Waals surface area contributed by atoms with E-state index in [1.165, 1.54) is 0 Å². The highest BCUT2D eigenvalue weighted by Gasteiger charge is 2.28. The van der Waals surface area contributed by atoms with E-state index in [4.69, 9.17) is 0 Å². The van der Waals surface area contributed by atoms with Gasteiger partial charge in [0, 0.05) is 24.7 Å². The number of guanidine groups is 1. The number of benzene rings is 1. The average molecular weight is 508 g/mol. The first-order valence-electron chi connectivity index (χ1n) is 9.06. The maximum atomic E-state index is 11.7. The fourth-order valence-corrected chi connectivity index (χ4v) is 4.46. The molecule has 1 heterocycles. The second-order valence-corrected chi connectivity index (χ2v) is 8.67. The van der Waals surface area contributed by atoms with Crippen LogP contribution >= 0.6 is 24.0 Å². The van der Waals surface area contributed by atoms with Gasteiger partial charge in [-0.3, -0.25) is 4.79 Å². The Bertz CT molecular complexity index is 753. The number of anilines is 1. The standard InChI is InChI=1S/C18H28N4O3S.HI/c1-3-6-17(23)21-15-8-5-7-14(11-15)12-20-18(19-4-2)22-16-9-10-26(24,25)13-16;/h5,7-8,11,16H,3-4,6,9-10,12-13H2,1-2H3,(H,21,23)(H2,19,20,22);1H. The fourth-order valence-electron chi connectivity index (χ4n) is 2.79. The van der Waals surface area contributed by atoms with E-state index in [2.05, 4.69) is 20.9 Å². The van der Waals surface area contributed by atoms with Gasteiger partial charge in [0.05, 0.1) is 18.1 Å². The summed E-state index contributed by atoms with van der Waals surface area (Å²) in [5, 5.41) is 9.22. The van der Waals surface area contributed by atoms with Gasteiger partial charge in [0.25, 0.3) is 0 Å². The Labute approximate surface area is 178 Å². The van der Waals surface area contributed by atoms with Gasteiger partial charge in [-0.05, 0) is 37.5 Å². The number of hydrogen-bond donors (Lipinski definition) is 3. The summed E-state index contributed by atoms with van der Waals surface area (Å²) in [6.45, 7) is 5.06. The van der Waals surface area contributed by atoms with Crippen LogP contribution in [0.4, 0.5) is 5.69 Å². The predicted molar refractivity (Wildman–Crippen MR) is 120 cm³/mol. The molecule has 1 unspecified atom stereocenters. The number of rotatable bonds is 7. The van der Waals surface area contributed by atoms with E-state index < -0.39 is 9.84 Å². The van der Waals surface area contributed by atoms with Crippen molar-refractivity contribution in [3.05, 3.63) is 29.8 Å². The predicted octanol–water partition coefficient (Wildman–Crippen LogP) is 2.29. The second-order valence-electron chi connectivity index (χ2n) is 6.44. The highest BCUT2D eigenvalue weighted by molar-refractivity contribution is 14.0. The first kappa shape index (κ1) is 23.7. The van der Waals surface area contributed by atoms with Gasteiger partial charge in [-0.1, -0.05) is 19.1 Å². The molecule has 27 heavy (non-hydrogen) atoms. The van der Waals surface area contributed by atoms with E-state index in [1.54, 1.807) is 0 Å². The Balaban J connectivity index is 0.00000364. The molecule has 7 nitrogen and oxygen atoms in total. The van der Waals surface area contributed by atoms with Gasteiger partial charge >= 0.3 is 0 Å². The number of halogens is 1. The van der Waals surface area contributed by atoms with E-state index in [1.807, 2.05) is 38.1 Å². The minimum Gasteiger partial charge on any atom is -0.357 e. The maximum absolute atomic E-state index is 11.7. The largest absolute Gasteiger partial charge is 0.357 e. The molecular formula is C18H29IN4O3S. The lowest BCUT2D eigenvalue weighted by Crippen LogP contribution is -2.44. The van der Waals surface area contributed by atoms with Crippen LogP contribution in [0.1, 0.15) is 38.7 Å². The van der Waals surface area contributed by atoms with E-state index in [0.717, 1.165) is 17.7 Å². The molecule has 1 aliphatic rings. The van der Waals surface area contributed by atoms with Gasteiger partial charge in [0.1, 0.15) is 0 Å². The van der Waals surface area contributed by atoms with Crippen LogP contribution in [-0.2, 0) is 21.2 Å². The Morgan fingerprint density at radius 1 is 1.30 bits per heavy atom. The molecule has 1 atom stereocenters. The molecule has 1 fully saturated rings. The van der Waals surface area contributed by atoms with E-state index in [9.17, 15) is 13.2 Å². The van der Waals surface area contributed by atoms with Crippen LogP contribution in [0.3, 0.4) is 0 Å². The highest BCUT2D eigenvalue weighted by Crippen LogP contribution is 2.13. The van der Waals surface area contributed by atoms with Gasteiger partial charge in [-0.25, -0.2) is 13.4 Å². The summed E-state index contributed by atoms with van der Waals surface area (Å²) >= 11 is 0. The van der Waals surface area contributed by atoms with Crippen molar-refractivity contribution in [2.24, 2.45) is 4.99 Å². The molecule has 3 N–H and O–H groups in total. The zero-order valence-corrected chi connectivity index (χ0v) is 19.0. The summed E-state index contributed by atoms with van der Waals surface area (Å²) in [6, 6.07) is 7.49. The molecule has 0 saturated carbocycles. The van der Waals surface area contributed by atoms with Crippen molar-refractivity contribution in [1.82, 2.24) is 10.6 Å². The Morgan fingerprint density at radius 3 is 2.70 bits per heavy atom. The van der Waals surface area contributed by atoms with E-state index >= 15 is 0 Å². The van der Waals surface area contributed by atoms with Gasteiger partial charge in [0.2, 0.25) is 5.91 Å². The topological polar surface area (TPSA) is 99.7 Å². The Morgan fingerprint density at radius 2 is 2.07 bits per heavy atom. The minimum atomic E-state index is -2.93. The quantitative estimate of drug-likeness (QED) is 0.298. The number of nitrogens with one attached hydrogen (secondary N) is 3. The van der Waals surface area contributed by atoms with Crippen LogP contribution in [0, 0.1) is 0 Å². The monoisotopic (exact) mass is 508 g/mol. The molecule has 0 aliphatic carbocycles. The number of hydrogen-bond acceptors (Lipinski definition) is 4. The zero-order chi connectivity index (χ0) is 19.0. The second kappa shape index (κ2) is 11.5. The van der Waals surface area contributed by atoms with Crippen molar-refractivity contribution >= 4 is 51.4 Å². The van der Waals surface area contributed by atoms with Gasteiger partial charge in [-0.2, -0.15) is 0 Å².